The van der Waals surface area contributed by atoms with Crippen molar-refractivity contribution < 1.29 is 8.78 Å². The number of nitrogens with two attached hydrogens (primary N) is 1. The molecule has 0 atom stereocenters. The molecule has 0 bridgehead atoms. The fourth-order valence-corrected chi connectivity index (χ4v) is 1.93. The number of aromatic nitrogens is 2. The zero-order chi connectivity index (χ0) is 11.0. The molecule has 1 aromatic heterocycles. The molecular formula is C9H8BrF2N3. The number of nitrogens with zero attached hydrogens (tertiary/aromatic N) is 1. The molecule has 0 fully saturated rings. The first kappa shape index (κ1) is 10.4. The van der Waals surface area contributed by atoms with Crippen LogP contribution < -0.4 is 5.73 Å². The number of alkyl halides is 3. The van der Waals surface area contributed by atoms with Crippen LogP contribution in [0, 0.1) is 0 Å². The molecule has 1 heterocycles. The Morgan fingerprint density at radius 2 is 2.20 bits per heavy atom. The molecule has 0 aliphatic heterocycles. The van der Waals surface area contributed by atoms with Gasteiger partial charge < -0.3 is 10.7 Å². The van der Waals surface area contributed by atoms with Gasteiger partial charge in [0.05, 0.1) is 11.0 Å². The van der Waals surface area contributed by atoms with Crippen molar-refractivity contribution in [1.29, 1.82) is 0 Å². The minimum atomic E-state index is -2.53. The zero-order valence-electron chi connectivity index (χ0n) is 7.60. The molecule has 2 aromatic rings. The van der Waals surface area contributed by atoms with Crippen LogP contribution in [0.2, 0.25) is 0 Å². The van der Waals surface area contributed by atoms with E-state index in [1.807, 2.05) is 0 Å². The first-order chi connectivity index (χ1) is 7.13. The van der Waals surface area contributed by atoms with Crippen molar-refractivity contribution in [2.45, 2.75) is 11.8 Å². The van der Waals surface area contributed by atoms with Crippen LogP contribution in [-0.2, 0) is 5.33 Å². The Labute approximate surface area is 92.8 Å². The van der Waals surface area contributed by atoms with Gasteiger partial charge in [0.1, 0.15) is 0 Å². The maximum Gasteiger partial charge on any atom is 0.265 e. The normalized spacial score (nSPS) is 11.5. The van der Waals surface area contributed by atoms with E-state index in [1.165, 1.54) is 6.07 Å². The fraction of sp³-hybridized carbons (Fsp3) is 0.222. The first-order valence-electron chi connectivity index (χ1n) is 4.24. The molecule has 2 rings (SSSR count). The molecule has 80 valence electrons. The van der Waals surface area contributed by atoms with Gasteiger partial charge in [0.2, 0.25) is 0 Å². The van der Waals surface area contributed by atoms with Gasteiger partial charge in [0.25, 0.3) is 6.43 Å². The van der Waals surface area contributed by atoms with E-state index in [0.29, 0.717) is 16.4 Å². The highest BCUT2D eigenvalue weighted by Crippen LogP contribution is 2.29. The van der Waals surface area contributed by atoms with Gasteiger partial charge in [-0.2, -0.15) is 0 Å². The van der Waals surface area contributed by atoms with Crippen molar-refractivity contribution in [2.75, 3.05) is 5.73 Å². The van der Waals surface area contributed by atoms with Crippen LogP contribution >= 0.6 is 15.9 Å². The van der Waals surface area contributed by atoms with Crippen LogP contribution in [0.25, 0.3) is 11.0 Å². The van der Waals surface area contributed by atoms with Crippen LogP contribution in [0.1, 0.15) is 17.6 Å². The van der Waals surface area contributed by atoms with Crippen molar-refractivity contribution in [1.82, 2.24) is 9.97 Å². The van der Waals surface area contributed by atoms with E-state index in [9.17, 15) is 8.78 Å². The Kier molecular flexibility index (Phi) is 2.60. The number of aromatic amines is 1. The van der Waals surface area contributed by atoms with Gasteiger partial charge in [-0.25, -0.2) is 13.8 Å². The number of benzene rings is 1. The highest BCUT2D eigenvalue weighted by molar-refractivity contribution is 9.08. The quantitative estimate of drug-likeness (QED) is 0.828. The Hall–Kier alpha value is -1.17. The summed E-state index contributed by atoms with van der Waals surface area (Å²) in [6, 6.07) is 3.01. The zero-order valence-corrected chi connectivity index (χ0v) is 9.18. The molecule has 1 aromatic carbocycles. The maximum atomic E-state index is 12.6. The van der Waals surface area contributed by atoms with Gasteiger partial charge in [-0.3, -0.25) is 0 Å². The van der Waals surface area contributed by atoms with E-state index < -0.39 is 6.43 Å². The summed E-state index contributed by atoms with van der Waals surface area (Å²) in [6.07, 6.45) is -2.53. The molecule has 6 heteroatoms. The minimum Gasteiger partial charge on any atom is -0.369 e. The summed E-state index contributed by atoms with van der Waals surface area (Å²) >= 11 is 3.27. The number of H-pyrrole nitrogens is 1. The van der Waals surface area contributed by atoms with Crippen LogP contribution in [0.4, 0.5) is 14.7 Å². The van der Waals surface area contributed by atoms with E-state index >= 15 is 0 Å². The van der Waals surface area contributed by atoms with Crippen LogP contribution in [0.3, 0.4) is 0 Å². The van der Waals surface area contributed by atoms with Crippen LogP contribution in [-0.4, -0.2) is 9.97 Å². The topological polar surface area (TPSA) is 54.7 Å². The molecule has 15 heavy (non-hydrogen) atoms. The van der Waals surface area contributed by atoms with E-state index in [2.05, 4.69) is 25.9 Å². The summed E-state index contributed by atoms with van der Waals surface area (Å²) in [6.45, 7) is 0. The maximum absolute atomic E-state index is 12.6. The average molecular weight is 276 g/mol. The highest BCUT2D eigenvalue weighted by Gasteiger charge is 2.16. The molecule has 3 nitrogen and oxygen atoms in total. The third kappa shape index (κ3) is 1.69. The number of imidazole rings is 1. The average Bonchev–Trinajstić information content (AvgIpc) is 2.56. The number of rotatable bonds is 2. The second-order valence-electron chi connectivity index (χ2n) is 3.09. The first-order valence-corrected chi connectivity index (χ1v) is 5.36. The van der Waals surface area contributed by atoms with Gasteiger partial charge in [-0.15, -0.1) is 0 Å². The van der Waals surface area contributed by atoms with Crippen molar-refractivity contribution in [3.8, 4) is 0 Å². The number of anilines is 1. The Balaban J connectivity index is 2.76. The lowest BCUT2D eigenvalue weighted by atomic mass is 10.1. The summed E-state index contributed by atoms with van der Waals surface area (Å²) in [7, 11) is 0. The minimum absolute atomic E-state index is 0.0705. The van der Waals surface area contributed by atoms with Gasteiger partial charge in [0.15, 0.2) is 5.95 Å². The van der Waals surface area contributed by atoms with Gasteiger partial charge in [-0.05, 0) is 5.56 Å². The van der Waals surface area contributed by atoms with Crippen molar-refractivity contribution in [3.63, 3.8) is 0 Å². The standard InChI is InChI=1S/C9H8BrF2N3/c10-3-4-1-2-5(8(11)12)7-6(4)14-9(13)15-7/h1-2,8H,3H2,(H3,13,14,15). The third-order valence-corrected chi connectivity index (χ3v) is 2.76. The Morgan fingerprint density at radius 3 is 2.80 bits per heavy atom. The molecule has 0 saturated carbocycles. The number of halogens is 3. The number of nitrogens with one attached hydrogen (secondary N) is 1. The van der Waals surface area contributed by atoms with E-state index in [4.69, 9.17) is 5.73 Å². The lowest BCUT2D eigenvalue weighted by Crippen LogP contribution is -1.89. The third-order valence-electron chi connectivity index (χ3n) is 2.16. The second-order valence-corrected chi connectivity index (χ2v) is 3.65. The van der Waals surface area contributed by atoms with Crippen molar-refractivity contribution in [2.24, 2.45) is 0 Å². The summed E-state index contributed by atoms with van der Waals surface area (Å²) < 4.78 is 25.3. The summed E-state index contributed by atoms with van der Waals surface area (Å²) in [4.78, 5) is 6.63. The smallest absolute Gasteiger partial charge is 0.265 e. The number of hydrogen-bond donors (Lipinski definition) is 2. The Bertz CT molecular complexity index is 495. The summed E-state index contributed by atoms with van der Waals surface area (Å²) in [5, 5.41) is 0.553. The molecule has 3 N–H and O–H groups in total. The predicted octanol–water partition coefficient (Wildman–Crippen LogP) is 2.98. The van der Waals surface area contributed by atoms with Crippen LogP contribution in [0.15, 0.2) is 12.1 Å². The van der Waals surface area contributed by atoms with Crippen molar-refractivity contribution >= 4 is 32.9 Å². The molecule has 0 unspecified atom stereocenters. The van der Waals surface area contributed by atoms with E-state index in [-0.39, 0.29) is 11.5 Å². The van der Waals surface area contributed by atoms with Crippen LogP contribution in [0.5, 0.6) is 0 Å². The molecule has 0 aliphatic carbocycles. The van der Waals surface area contributed by atoms with Gasteiger partial charge in [-0.1, -0.05) is 28.1 Å². The number of nitrogen functional groups attached to an aromatic ring is 1. The Morgan fingerprint density at radius 1 is 1.47 bits per heavy atom. The lowest BCUT2D eigenvalue weighted by Gasteiger charge is -2.03. The molecule has 0 aliphatic rings. The van der Waals surface area contributed by atoms with Gasteiger partial charge in [0, 0.05) is 10.9 Å². The van der Waals surface area contributed by atoms with E-state index in [0.717, 1.165) is 5.56 Å². The summed E-state index contributed by atoms with van der Waals surface area (Å²) in [5.74, 6) is 0.153. The molecular weight excluding hydrogens is 268 g/mol. The summed E-state index contributed by atoms with van der Waals surface area (Å²) in [5.41, 5.74) is 7.04. The van der Waals surface area contributed by atoms with E-state index in [1.54, 1.807) is 6.07 Å². The van der Waals surface area contributed by atoms with Gasteiger partial charge >= 0.3 is 0 Å². The molecule has 0 spiro atoms. The fourth-order valence-electron chi connectivity index (χ4n) is 1.48. The molecule has 0 amide bonds. The highest BCUT2D eigenvalue weighted by atomic mass is 79.9. The second kappa shape index (κ2) is 3.77. The number of hydrogen-bond acceptors (Lipinski definition) is 2. The molecule has 0 radical (unpaired) electrons. The lowest BCUT2D eigenvalue weighted by molar-refractivity contribution is 0.153. The SMILES string of the molecule is Nc1nc2c(CBr)ccc(C(F)F)c2[nH]1. The molecule has 0 saturated heterocycles. The monoisotopic (exact) mass is 275 g/mol. The largest absolute Gasteiger partial charge is 0.369 e. The predicted molar refractivity (Wildman–Crippen MR) is 58.1 cm³/mol. The van der Waals surface area contributed by atoms with Crippen molar-refractivity contribution in [3.05, 3.63) is 23.3 Å². The number of fused-ring (bicyclic) bond motifs is 1.